The zero-order valence-electron chi connectivity index (χ0n) is 11.5. The van der Waals surface area contributed by atoms with Gasteiger partial charge in [0.25, 0.3) is 0 Å². The lowest BCUT2D eigenvalue weighted by atomic mass is 10.1. The molecule has 2 aromatic rings. The predicted octanol–water partition coefficient (Wildman–Crippen LogP) is 2.74. The molecule has 0 aliphatic heterocycles. The second-order valence-electron chi connectivity index (χ2n) is 4.56. The van der Waals surface area contributed by atoms with Crippen LogP contribution in [0.5, 0.6) is 0 Å². The van der Waals surface area contributed by atoms with Gasteiger partial charge in [-0.1, -0.05) is 0 Å². The summed E-state index contributed by atoms with van der Waals surface area (Å²) < 4.78 is 5.78. The van der Waals surface area contributed by atoms with Crippen molar-refractivity contribution in [3.63, 3.8) is 0 Å². The maximum Gasteiger partial charge on any atom is 0.182 e. The summed E-state index contributed by atoms with van der Waals surface area (Å²) in [4.78, 5) is 6.14. The van der Waals surface area contributed by atoms with Gasteiger partial charge in [0.1, 0.15) is 17.9 Å². The number of rotatable bonds is 5. The normalized spacial score (nSPS) is 10.9. The summed E-state index contributed by atoms with van der Waals surface area (Å²) in [7, 11) is 4.01. The number of hydrogen-bond acceptors (Lipinski definition) is 4. The molecule has 0 saturated heterocycles. The summed E-state index contributed by atoms with van der Waals surface area (Å²) in [6, 6.07) is 11.6. The van der Waals surface area contributed by atoms with E-state index < -0.39 is 0 Å². The van der Waals surface area contributed by atoms with Gasteiger partial charge in [-0.2, -0.15) is 5.26 Å². The van der Waals surface area contributed by atoms with Crippen LogP contribution in [0.1, 0.15) is 5.76 Å². The molecule has 0 aliphatic rings. The highest BCUT2D eigenvalue weighted by Crippen LogP contribution is 2.24. The van der Waals surface area contributed by atoms with Crippen LogP contribution in [-0.4, -0.2) is 25.3 Å². The Morgan fingerprint density at radius 2 is 2.00 bits per heavy atom. The van der Waals surface area contributed by atoms with E-state index in [1.54, 1.807) is 6.19 Å². The van der Waals surface area contributed by atoms with Crippen molar-refractivity contribution in [2.45, 2.75) is 6.54 Å². The van der Waals surface area contributed by atoms with E-state index in [4.69, 9.17) is 9.68 Å². The highest BCUT2D eigenvalue weighted by atomic mass is 16.3. The van der Waals surface area contributed by atoms with Crippen LogP contribution < -0.4 is 5.32 Å². The average Bonchev–Trinajstić information content (AvgIpc) is 2.87. The Bertz CT molecular complexity index is 620. The van der Waals surface area contributed by atoms with Gasteiger partial charge in [-0.25, -0.2) is 4.99 Å². The molecule has 0 radical (unpaired) electrons. The number of benzene rings is 1. The number of hydrogen-bond donors (Lipinski definition) is 1. The second kappa shape index (κ2) is 6.55. The minimum atomic E-state index is 0.775. The molecule has 1 aromatic heterocycles. The van der Waals surface area contributed by atoms with E-state index in [2.05, 4.69) is 15.2 Å². The molecule has 0 atom stereocenters. The molecule has 0 amide bonds. The molecule has 0 aliphatic carbocycles. The molecule has 0 bridgehead atoms. The number of aliphatic imine (C=N–C) groups is 1. The monoisotopic (exact) mass is 268 g/mol. The first-order valence-corrected chi connectivity index (χ1v) is 6.20. The third-order valence-corrected chi connectivity index (χ3v) is 2.63. The second-order valence-corrected chi connectivity index (χ2v) is 4.56. The van der Waals surface area contributed by atoms with E-state index in [0.29, 0.717) is 0 Å². The van der Waals surface area contributed by atoms with Crippen LogP contribution in [0, 0.1) is 11.5 Å². The zero-order valence-corrected chi connectivity index (χ0v) is 11.5. The summed E-state index contributed by atoms with van der Waals surface area (Å²) in [5, 5.41) is 10.7. The van der Waals surface area contributed by atoms with Crippen LogP contribution in [-0.2, 0) is 6.54 Å². The Balaban J connectivity index is 2.10. The van der Waals surface area contributed by atoms with Gasteiger partial charge >= 0.3 is 0 Å². The van der Waals surface area contributed by atoms with Crippen molar-refractivity contribution in [1.82, 2.24) is 10.2 Å². The quantitative estimate of drug-likeness (QED) is 0.392. The molecule has 1 heterocycles. The van der Waals surface area contributed by atoms with Crippen molar-refractivity contribution in [2.75, 3.05) is 14.1 Å². The van der Waals surface area contributed by atoms with E-state index in [1.165, 1.54) is 6.34 Å². The predicted molar refractivity (Wildman–Crippen MR) is 78.4 cm³/mol. The first kappa shape index (κ1) is 13.8. The smallest absolute Gasteiger partial charge is 0.182 e. The van der Waals surface area contributed by atoms with Gasteiger partial charge in [-0.3, -0.25) is 5.32 Å². The minimum absolute atomic E-state index is 0.775. The summed E-state index contributed by atoms with van der Waals surface area (Å²) in [6.07, 6.45) is 3.13. The van der Waals surface area contributed by atoms with Crippen molar-refractivity contribution >= 4 is 12.0 Å². The van der Waals surface area contributed by atoms with Crippen LogP contribution >= 0.6 is 0 Å². The highest BCUT2D eigenvalue weighted by Gasteiger charge is 2.05. The maximum atomic E-state index is 8.33. The molecule has 0 fully saturated rings. The summed E-state index contributed by atoms with van der Waals surface area (Å²) in [5.41, 5.74) is 1.78. The lowest BCUT2D eigenvalue weighted by molar-refractivity contribution is 0.353. The SMILES string of the molecule is CN(C)Cc1ccc(-c2ccc(N=CNC#N)cc2)o1. The summed E-state index contributed by atoms with van der Waals surface area (Å²) in [6.45, 7) is 0.780. The Morgan fingerprint density at radius 1 is 1.25 bits per heavy atom. The van der Waals surface area contributed by atoms with Gasteiger partial charge in [0.15, 0.2) is 6.19 Å². The molecular formula is C15H16N4O. The van der Waals surface area contributed by atoms with Gasteiger partial charge in [0.2, 0.25) is 0 Å². The van der Waals surface area contributed by atoms with Crippen molar-refractivity contribution in [2.24, 2.45) is 4.99 Å². The molecule has 5 heteroatoms. The number of nitriles is 1. The Labute approximate surface area is 118 Å². The minimum Gasteiger partial charge on any atom is -0.460 e. The lowest BCUT2D eigenvalue weighted by Crippen LogP contribution is -2.09. The van der Waals surface area contributed by atoms with E-state index in [-0.39, 0.29) is 0 Å². The van der Waals surface area contributed by atoms with Crippen LogP contribution in [0.4, 0.5) is 5.69 Å². The lowest BCUT2D eigenvalue weighted by Gasteiger charge is -2.05. The van der Waals surface area contributed by atoms with E-state index in [1.807, 2.05) is 50.5 Å². The van der Waals surface area contributed by atoms with Crippen LogP contribution in [0.25, 0.3) is 11.3 Å². The standard InChI is InChI=1S/C15H16N4O/c1-19(2)9-14-7-8-15(20-14)12-3-5-13(6-4-12)18-11-17-10-16/h3-8,11H,9H2,1-2H3,(H,17,18). The molecule has 0 saturated carbocycles. The molecule has 1 aromatic carbocycles. The van der Waals surface area contributed by atoms with Crippen molar-refractivity contribution in [3.05, 3.63) is 42.2 Å². The van der Waals surface area contributed by atoms with Crippen LogP contribution in [0.15, 0.2) is 45.8 Å². The Kier molecular flexibility index (Phi) is 4.53. The van der Waals surface area contributed by atoms with E-state index in [9.17, 15) is 0 Å². The topological polar surface area (TPSA) is 64.6 Å². The zero-order chi connectivity index (χ0) is 14.4. The van der Waals surface area contributed by atoms with Gasteiger partial charge in [-0.05, 0) is 50.5 Å². The average molecular weight is 268 g/mol. The summed E-state index contributed by atoms with van der Waals surface area (Å²) in [5.74, 6) is 1.78. The molecule has 2 rings (SSSR count). The fourth-order valence-electron chi connectivity index (χ4n) is 1.78. The molecular weight excluding hydrogens is 252 g/mol. The Hall–Kier alpha value is -2.58. The van der Waals surface area contributed by atoms with E-state index in [0.717, 1.165) is 29.3 Å². The fraction of sp³-hybridized carbons (Fsp3) is 0.200. The van der Waals surface area contributed by atoms with Crippen molar-refractivity contribution in [3.8, 4) is 17.5 Å². The molecule has 20 heavy (non-hydrogen) atoms. The van der Waals surface area contributed by atoms with Crippen LogP contribution in [0.3, 0.4) is 0 Å². The van der Waals surface area contributed by atoms with Gasteiger partial charge in [0, 0.05) is 5.56 Å². The molecule has 5 nitrogen and oxygen atoms in total. The molecule has 102 valence electrons. The first-order chi connectivity index (χ1) is 9.69. The number of furan rings is 1. The third kappa shape index (κ3) is 3.70. The Morgan fingerprint density at radius 3 is 2.65 bits per heavy atom. The van der Waals surface area contributed by atoms with E-state index >= 15 is 0 Å². The van der Waals surface area contributed by atoms with Crippen molar-refractivity contribution < 1.29 is 4.42 Å². The largest absolute Gasteiger partial charge is 0.460 e. The van der Waals surface area contributed by atoms with Gasteiger partial charge in [-0.15, -0.1) is 0 Å². The summed E-state index contributed by atoms with van der Waals surface area (Å²) >= 11 is 0. The highest BCUT2D eigenvalue weighted by molar-refractivity contribution is 5.65. The first-order valence-electron chi connectivity index (χ1n) is 6.20. The van der Waals surface area contributed by atoms with Crippen molar-refractivity contribution in [1.29, 1.82) is 5.26 Å². The molecule has 1 N–H and O–H groups in total. The van der Waals surface area contributed by atoms with Crippen LogP contribution in [0.2, 0.25) is 0 Å². The molecule has 0 spiro atoms. The third-order valence-electron chi connectivity index (χ3n) is 2.63. The van der Waals surface area contributed by atoms with Gasteiger partial charge < -0.3 is 9.32 Å². The molecule has 0 unspecified atom stereocenters. The maximum absolute atomic E-state index is 8.33. The number of nitrogens with zero attached hydrogens (tertiary/aromatic N) is 3. The van der Waals surface area contributed by atoms with Gasteiger partial charge in [0.05, 0.1) is 12.2 Å². The number of nitrogens with one attached hydrogen (secondary N) is 1. The fourth-order valence-corrected chi connectivity index (χ4v) is 1.78.